The van der Waals surface area contributed by atoms with Crippen LogP contribution in [0, 0.1) is 0 Å². The third kappa shape index (κ3) is 5.97. The van der Waals surface area contributed by atoms with Crippen LogP contribution < -0.4 is 10.6 Å². The molecule has 4 N–H and O–H groups in total. The molecule has 0 saturated carbocycles. The van der Waals surface area contributed by atoms with Gasteiger partial charge in [-0.15, -0.1) is 0 Å². The minimum atomic E-state index is 0.101. The molecule has 0 amide bonds. The van der Waals surface area contributed by atoms with E-state index in [0.29, 0.717) is 11.4 Å². The van der Waals surface area contributed by atoms with E-state index in [0.717, 1.165) is 25.9 Å². The van der Waals surface area contributed by atoms with Crippen molar-refractivity contribution in [3.63, 3.8) is 0 Å². The molecule has 0 heterocycles. The molecule has 6 heteroatoms. The molecule has 0 saturated heterocycles. The topological polar surface area (TPSA) is 89.2 Å². The Labute approximate surface area is 109 Å². The maximum absolute atomic E-state index is 8.71. The van der Waals surface area contributed by atoms with E-state index in [2.05, 4.69) is 20.9 Å². The van der Waals surface area contributed by atoms with E-state index >= 15 is 0 Å². The first-order valence-electron chi connectivity index (χ1n) is 6.44. The van der Waals surface area contributed by atoms with Gasteiger partial charge in [0.05, 0.1) is 11.4 Å². The first kappa shape index (κ1) is 16.9. The molecule has 0 rings (SSSR count). The van der Waals surface area contributed by atoms with E-state index in [4.69, 9.17) is 10.4 Å². The summed E-state index contributed by atoms with van der Waals surface area (Å²) >= 11 is 0. The monoisotopic (exact) mass is 258 g/mol. The molecular weight excluding hydrogens is 232 g/mol. The Morgan fingerprint density at radius 3 is 1.44 bits per heavy atom. The Morgan fingerprint density at radius 1 is 0.889 bits per heavy atom. The molecule has 0 aliphatic rings. The van der Waals surface area contributed by atoms with Crippen molar-refractivity contribution >= 4 is 11.4 Å². The molecule has 18 heavy (non-hydrogen) atoms. The van der Waals surface area contributed by atoms with Crippen LogP contribution in [0.3, 0.4) is 0 Å². The van der Waals surface area contributed by atoms with Crippen LogP contribution in [0.15, 0.2) is 10.3 Å². The van der Waals surface area contributed by atoms with Gasteiger partial charge < -0.3 is 21.0 Å². The summed E-state index contributed by atoms with van der Waals surface area (Å²) in [4.78, 5) is 0. The van der Waals surface area contributed by atoms with Crippen molar-refractivity contribution in [3.8, 4) is 0 Å². The van der Waals surface area contributed by atoms with Gasteiger partial charge in [-0.3, -0.25) is 0 Å². The van der Waals surface area contributed by atoms with Crippen molar-refractivity contribution in [2.24, 2.45) is 10.3 Å². The van der Waals surface area contributed by atoms with Crippen LogP contribution >= 0.6 is 0 Å². The Hall–Kier alpha value is -1.14. The van der Waals surface area contributed by atoms with Crippen LogP contribution in [0.2, 0.25) is 0 Å². The third-order valence-corrected chi connectivity index (χ3v) is 3.05. The fraction of sp³-hybridized carbons (Fsp3) is 0.833. The first-order chi connectivity index (χ1) is 8.60. The van der Waals surface area contributed by atoms with Gasteiger partial charge in [0, 0.05) is 25.2 Å². The number of rotatable bonds is 9. The second-order valence-electron chi connectivity index (χ2n) is 4.31. The number of nitrogens with zero attached hydrogens (tertiary/aromatic N) is 2. The Kier molecular flexibility index (Phi) is 9.22. The van der Waals surface area contributed by atoms with Gasteiger partial charge in [-0.1, -0.05) is 24.2 Å². The molecule has 0 radical (unpaired) electrons. The molecule has 2 atom stereocenters. The van der Waals surface area contributed by atoms with Gasteiger partial charge in [-0.25, -0.2) is 0 Å². The fourth-order valence-electron chi connectivity index (χ4n) is 1.81. The highest BCUT2D eigenvalue weighted by Gasteiger charge is 2.11. The minimum absolute atomic E-state index is 0.101. The third-order valence-electron chi connectivity index (χ3n) is 3.05. The van der Waals surface area contributed by atoms with Crippen molar-refractivity contribution in [2.45, 2.75) is 52.6 Å². The van der Waals surface area contributed by atoms with Crippen LogP contribution in [-0.2, 0) is 0 Å². The van der Waals surface area contributed by atoms with Crippen LogP contribution in [-0.4, -0.2) is 47.0 Å². The average Bonchev–Trinajstić information content (AvgIpc) is 2.41. The highest BCUT2D eigenvalue weighted by Crippen LogP contribution is 1.95. The molecule has 0 bridgehead atoms. The maximum Gasteiger partial charge on any atom is 0.0708 e. The lowest BCUT2D eigenvalue weighted by molar-refractivity contribution is 0.313. The van der Waals surface area contributed by atoms with Gasteiger partial charge in [0.25, 0.3) is 0 Å². The maximum atomic E-state index is 8.71. The number of hydrogen-bond donors (Lipinski definition) is 4. The summed E-state index contributed by atoms with van der Waals surface area (Å²) < 4.78 is 0. The predicted octanol–water partition coefficient (Wildman–Crippen LogP) is 1.42. The lowest BCUT2D eigenvalue weighted by atomic mass is 10.1. The standard InChI is InChI=1S/C12H26N4O2/c1-5-11(9(3)15-17)13-7-8-14-12(6-2)10(4)16-18/h11-14,17-18H,5-8H2,1-4H3/b15-9+,16-10+. The van der Waals surface area contributed by atoms with E-state index in [-0.39, 0.29) is 12.1 Å². The van der Waals surface area contributed by atoms with Crippen molar-refractivity contribution < 1.29 is 10.4 Å². The summed E-state index contributed by atoms with van der Waals surface area (Å²) in [7, 11) is 0. The molecular formula is C12H26N4O2. The molecule has 106 valence electrons. The van der Waals surface area contributed by atoms with Crippen LogP contribution in [0.5, 0.6) is 0 Å². The second kappa shape index (κ2) is 9.85. The van der Waals surface area contributed by atoms with Crippen LogP contribution in [0.4, 0.5) is 0 Å². The zero-order valence-corrected chi connectivity index (χ0v) is 11.8. The Balaban J connectivity index is 3.97. The largest absolute Gasteiger partial charge is 0.411 e. The number of hydrogen-bond acceptors (Lipinski definition) is 6. The van der Waals surface area contributed by atoms with Crippen molar-refractivity contribution in [1.82, 2.24) is 10.6 Å². The summed E-state index contributed by atoms with van der Waals surface area (Å²) in [5, 5.41) is 30.5. The first-order valence-corrected chi connectivity index (χ1v) is 6.44. The quantitative estimate of drug-likeness (QED) is 0.218. The van der Waals surface area contributed by atoms with Gasteiger partial charge >= 0.3 is 0 Å². The van der Waals surface area contributed by atoms with E-state index in [1.807, 2.05) is 13.8 Å². The summed E-state index contributed by atoms with van der Waals surface area (Å²) in [5.41, 5.74) is 1.38. The summed E-state index contributed by atoms with van der Waals surface area (Å²) in [6.07, 6.45) is 1.76. The van der Waals surface area contributed by atoms with E-state index in [9.17, 15) is 0 Å². The molecule has 0 aliphatic heterocycles. The predicted molar refractivity (Wildman–Crippen MR) is 74.0 cm³/mol. The van der Waals surface area contributed by atoms with Gasteiger partial charge in [-0.05, 0) is 26.7 Å². The van der Waals surface area contributed by atoms with Gasteiger partial charge in [0.15, 0.2) is 0 Å². The minimum Gasteiger partial charge on any atom is -0.411 e. The fourth-order valence-corrected chi connectivity index (χ4v) is 1.81. The van der Waals surface area contributed by atoms with E-state index < -0.39 is 0 Å². The van der Waals surface area contributed by atoms with Gasteiger partial charge in [-0.2, -0.15) is 0 Å². The van der Waals surface area contributed by atoms with E-state index in [1.54, 1.807) is 13.8 Å². The average molecular weight is 258 g/mol. The summed E-state index contributed by atoms with van der Waals surface area (Å²) in [6, 6.07) is 0.203. The summed E-state index contributed by atoms with van der Waals surface area (Å²) in [5.74, 6) is 0. The SMILES string of the molecule is CCC(NCCNC(CC)/C(C)=N/O)/C(C)=N/O. The lowest BCUT2D eigenvalue weighted by Crippen LogP contribution is -2.43. The molecule has 6 nitrogen and oxygen atoms in total. The molecule has 0 aromatic carbocycles. The molecule has 0 spiro atoms. The molecule has 0 aromatic heterocycles. The molecule has 2 unspecified atom stereocenters. The zero-order valence-electron chi connectivity index (χ0n) is 11.8. The van der Waals surface area contributed by atoms with Gasteiger partial charge in [0.2, 0.25) is 0 Å². The van der Waals surface area contributed by atoms with Crippen LogP contribution in [0.1, 0.15) is 40.5 Å². The van der Waals surface area contributed by atoms with E-state index in [1.165, 1.54) is 0 Å². The summed E-state index contributed by atoms with van der Waals surface area (Å²) in [6.45, 7) is 9.20. The number of oxime groups is 2. The Morgan fingerprint density at radius 2 is 1.22 bits per heavy atom. The van der Waals surface area contributed by atoms with Crippen molar-refractivity contribution in [2.75, 3.05) is 13.1 Å². The van der Waals surface area contributed by atoms with Crippen LogP contribution in [0.25, 0.3) is 0 Å². The molecule has 0 aliphatic carbocycles. The smallest absolute Gasteiger partial charge is 0.0708 e. The normalized spacial score (nSPS) is 16.7. The highest BCUT2D eigenvalue weighted by atomic mass is 16.4. The second-order valence-corrected chi connectivity index (χ2v) is 4.31. The highest BCUT2D eigenvalue weighted by molar-refractivity contribution is 5.87. The zero-order chi connectivity index (χ0) is 14.0. The van der Waals surface area contributed by atoms with Crippen molar-refractivity contribution in [1.29, 1.82) is 0 Å². The molecule has 0 fully saturated rings. The van der Waals surface area contributed by atoms with Gasteiger partial charge in [0.1, 0.15) is 0 Å². The lowest BCUT2D eigenvalue weighted by Gasteiger charge is -2.19. The number of nitrogens with one attached hydrogen (secondary N) is 2. The molecule has 0 aromatic rings. The van der Waals surface area contributed by atoms with Crippen molar-refractivity contribution in [3.05, 3.63) is 0 Å². The Bertz CT molecular complexity index is 251.